The van der Waals surface area contributed by atoms with Crippen molar-refractivity contribution in [1.82, 2.24) is 15.0 Å². The highest BCUT2D eigenvalue weighted by Gasteiger charge is 2.18. The van der Waals surface area contributed by atoms with E-state index in [1.807, 2.05) is 91.0 Å². The number of furan rings is 2. The van der Waals surface area contributed by atoms with Crippen molar-refractivity contribution in [3.63, 3.8) is 0 Å². The number of para-hydroxylation sites is 1. The lowest BCUT2D eigenvalue weighted by atomic mass is 10.00. The van der Waals surface area contributed by atoms with E-state index in [9.17, 15) is 0 Å². The van der Waals surface area contributed by atoms with Crippen LogP contribution in [0.5, 0.6) is 0 Å². The van der Waals surface area contributed by atoms with Crippen LogP contribution in [0, 0.1) is 0 Å². The summed E-state index contributed by atoms with van der Waals surface area (Å²) >= 11 is 0. The van der Waals surface area contributed by atoms with Crippen LogP contribution in [0.1, 0.15) is 5.82 Å². The minimum atomic E-state index is 0.568. The molecule has 0 aliphatic heterocycles. The molecule has 0 atom stereocenters. The van der Waals surface area contributed by atoms with E-state index in [1.54, 1.807) is 6.08 Å². The molecule has 0 saturated heterocycles. The molecule has 0 spiro atoms. The van der Waals surface area contributed by atoms with Gasteiger partial charge in [0.2, 0.25) is 0 Å². The van der Waals surface area contributed by atoms with Crippen LogP contribution in [-0.2, 0) is 6.42 Å². The van der Waals surface area contributed by atoms with E-state index in [-0.39, 0.29) is 0 Å². The number of allylic oxidation sites excluding steroid dienone is 5. The first-order valence-corrected chi connectivity index (χ1v) is 14.9. The highest BCUT2D eigenvalue weighted by molar-refractivity contribution is 6.13. The summed E-state index contributed by atoms with van der Waals surface area (Å²) in [5.41, 5.74) is 7.38. The van der Waals surface area contributed by atoms with Crippen LogP contribution >= 0.6 is 0 Å². The molecule has 45 heavy (non-hydrogen) atoms. The normalized spacial score (nSPS) is 12.0. The van der Waals surface area contributed by atoms with Crippen LogP contribution in [0.4, 0.5) is 0 Å². The molecule has 0 radical (unpaired) electrons. The van der Waals surface area contributed by atoms with E-state index in [0.29, 0.717) is 23.9 Å². The first kappa shape index (κ1) is 26.5. The minimum absolute atomic E-state index is 0.568. The van der Waals surface area contributed by atoms with E-state index in [4.69, 9.17) is 23.8 Å². The van der Waals surface area contributed by atoms with Gasteiger partial charge in [-0.25, -0.2) is 15.0 Å². The number of hydrogen-bond donors (Lipinski definition) is 0. The zero-order chi connectivity index (χ0) is 30.2. The Balaban J connectivity index is 1.24. The largest absolute Gasteiger partial charge is 0.456 e. The van der Waals surface area contributed by atoms with E-state index >= 15 is 0 Å². The highest BCUT2D eigenvalue weighted by Crippen LogP contribution is 2.39. The fourth-order valence-corrected chi connectivity index (χ4v) is 5.84. The van der Waals surface area contributed by atoms with Crippen LogP contribution in [-0.4, -0.2) is 15.0 Å². The molecule has 0 aliphatic carbocycles. The van der Waals surface area contributed by atoms with Gasteiger partial charge in [0.1, 0.15) is 28.2 Å². The molecule has 5 heteroatoms. The van der Waals surface area contributed by atoms with Crippen molar-refractivity contribution in [3.05, 3.63) is 152 Å². The Morgan fingerprint density at radius 3 is 2.20 bits per heavy atom. The van der Waals surface area contributed by atoms with Crippen molar-refractivity contribution in [2.45, 2.75) is 6.42 Å². The first-order valence-electron chi connectivity index (χ1n) is 14.9. The molecular weight excluding hydrogens is 554 g/mol. The lowest BCUT2D eigenvalue weighted by molar-refractivity contribution is 0.669. The standard InChI is InChI=1S/C40H27N3O2/c1-2-3-4-5-9-19-37-41-39(26-13-7-6-8-14-26)43-40(42-37)31-16-12-18-35-38(31)30-22-20-28(25-36(30)45-35)27-21-23-34-32(24-27)29-15-10-11-17-33(29)44-34/h2-18,20-25H,1,19H2/b4-3-,9-5-. The fraction of sp³-hybridized carbons (Fsp3) is 0.0250. The second-order valence-corrected chi connectivity index (χ2v) is 10.8. The fourth-order valence-electron chi connectivity index (χ4n) is 5.84. The lowest BCUT2D eigenvalue weighted by Gasteiger charge is -2.08. The average Bonchev–Trinajstić information content (AvgIpc) is 3.66. The number of nitrogens with zero attached hydrogens (tertiary/aromatic N) is 3. The van der Waals surface area contributed by atoms with E-state index in [0.717, 1.165) is 66.1 Å². The van der Waals surface area contributed by atoms with Gasteiger partial charge in [-0.05, 0) is 47.5 Å². The second kappa shape index (κ2) is 11.2. The summed E-state index contributed by atoms with van der Waals surface area (Å²) in [6.07, 6.45) is 10.2. The van der Waals surface area contributed by atoms with Crippen molar-refractivity contribution in [2.24, 2.45) is 0 Å². The van der Waals surface area contributed by atoms with Crippen molar-refractivity contribution < 1.29 is 8.83 Å². The van der Waals surface area contributed by atoms with Crippen molar-refractivity contribution in [1.29, 1.82) is 0 Å². The molecule has 3 heterocycles. The molecule has 0 aliphatic rings. The SMILES string of the molecule is C=C/C=C\C=C/Cc1nc(-c2ccccc2)nc(-c2cccc3oc4cc(-c5ccc6oc7ccccc7c6c5)ccc4c23)n1. The summed E-state index contributed by atoms with van der Waals surface area (Å²) in [7, 11) is 0. The Labute approximate surface area is 259 Å². The number of benzene rings is 5. The maximum atomic E-state index is 6.45. The van der Waals surface area contributed by atoms with Gasteiger partial charge in [-0.15, -0.1) is 0 Å². The topological polar surface area (TPSA) is 65.0 Å². The van der Waals surface area contributed by atoms with Crippen LogP contribution in [0.15, 0.2) is 155 Å². The number of hydrogen-bond acceptors (Lipinski definition) is 5. The molecule has 3 aromatic heterocycles. The predicted molar refractivity (Wildman–Crippen MR) is 183 cm³/mol. The molecule has 8 rings (SSSR count). The molecule has 214 valence electrons. The Kier molecular flexibility index (Phi) is 6.61. The highest BCUT2D eigenvalue weighted by atomic mass is 16.3. The maximum absolute atomic E-state index is 6.45. The number of aromatic nitrogens is 3. The van der Waals surface area contributed by atoms with Crippen LogP contribution < -0.4 is 0 Å². The van der Waals surface area contributed by atoms with Gasteiger partial charge >= 0.3 is 0 Å². The summed E-state index contributed by atoms with van der Waals surface area (Å²) in [5.74, 6) is 1.94. The maximum Gasteiger partial charge on any atom is 0.164 e. The molecule has 0 unspecified atom stereocenters. The molecule has 0 saturated carbocycles. The van der Waals surface area contributed by atoms with Crippen molar-refractivity contribution in [2.75, 3.05) is 0 Å². The zero-order valence-corrected chi connectivity index (χ0v) is 24.4. The van der Waals surface area contributed by atoms with Gasteiger partial charge in [0.25, 0.3) is 0 Å². The van der Waals surface area contributed by atoms with E-state index < -0.39 is 0 Å². The van der Waals surface area contributed by atoms with Crippen LogP contribution in [0.25, 0.3) is 77.8 Å². The summed E-state index contributed by atoms with van der Waals surface area (Å²) in [6.45, 7) is 3.72. The molecule has 5 nitrogen and oxygen atoms in total. The van der Waals surface area contributed by atoms with Crippen LogP contribution in [0.2, 0.25) is 0 Å². The predicted octanol–water partition coefficient (Wildman–Crippen LogP) is 10.5. The molecule has 8 aromatic rings. The quantitative estimate of drug-likeness (QED) is 0.175. The van der Waals surface area contributed by atoms with E-state index in [1.165, 1.54) is 0 Å². The summed E-state index contributed by atoms with van der Waals surface area (Å²) in [4.78, 5) is 14.7. The van der Waals surface area contributed by atoms with Gasteiger partial charge in [-0.3, -0.25) is 0 Å². The monoisotopic (exact) mass is 581 g/mol. The first-order chi connectivity index (χ1) is 22.2. The molecular formula is C40H27N3O2. The third-order valence-electron chi connectivity index (χ3n) is 7.96. The minimum Gasteiger partial charge on any atom is -0.456 e. The lowest BCUT2D eigenvalue weighted by Crippen LogP contribution is -2.02. The van der Waals surface area contributed by atoms with Crippen molar-refractivity contribution in [3.8, 4) is 33.9 Å². The summed E-state index contributed by atoms with van der Waals surface area (Å²) < 4.78 is 12.5. The molecule has 0 N–H and O–H groups in total. The average molecular weight is 582 g/mol. The number of rotatable bonds is 7. The Hall–Kier alpha value is -6.07. The number of fused-ring (bicyclic) bond motifs is 6. The summed E-state index contributed by atoms with van der Waals surface area (Å²) in [6, 6.07) is 36.9. The van der Waals surface area contributed by atoms with Gasteiger partial charge in [0, 0.05) is 39.1 Å². The van der Waals surface area contributed by atoms with Gasteiger partial charge in [0.05, 0.1) is 0 Å². The summed E-state index contributed by atoms with van der Waals surface area (Å²) in [5, 5.41) is 4.20. The molecule has 0 fully saturated rings. The van der Waals surface area contributed by atoms with Crippen LogP contribution in [0.3, 0.4) is 0 Å². The third kappa shape index (κ3) is 4.90. The Bertz CT molecular complexity index is 2430. The van der Waals surface area contributed by atoms with Gasteiger partial charge in [-0.2, -0.15) is 0 Å². The van der Waals surface area contributed by atoms with E-state index in [2.05, 4.69) is 49.0 Å². The van der Waals surface area contributed by atoms with Crippen molar-refractivity contribution >= 4 is 43.9 Å². The Morgan fingerprint density at radius 1 is 0.533 bits per heavy atom. The van der Waals surface area contributed by atoms with Gasteiger partial charge in [-0.1, -0.05) is 110 Å². The Morgan fingerprint density at radius 2 is 1.29 bits per heavy atom. The van der Waals surface area contributed by atoms with Gasteiger partial charge in [0.15, 0.2) is 11.6 Å². The molecule has 5 aromatic carbocycles. The smallest absolute Gasteiger partial charge is 0.164 e. The second-order valence-electron chi connectivity index (χ2n) is 10.8. The molecule has 0 bridgehead atoms. The van der Waals surface area contributed by atoms with Gasteiger partial charge < -0.3 is 8.83 Å². The zero-order valence-electron chi connectivity index (χ0n) is 24.4. The third-order valence-corrected chi connectivity index (χ3v) is 7.96. The molecule has 0 amide bonds.